The predicted molar refractivity (Wildman–Crippen MR) is 111 cm³/mol. The number of nitrogens with zero attached hydrogens (tertiary/aromatic N) is 1. The lowest BCUT2D eigenvalue weighted by atomic mass is 10.2. The Morgan fingerprint density at radius 2 is 1.75 bits per heavy atom. The minimum absolute atomic E-state index is 0.0975. The van der Waals surface area contributed by atoms with Crippen LogP contribution < -0.4 is 16.0 Å². The summed E-state index contributed by atoms with van der Waals surface area (Å²) in [7, 11) is 2.08. The van der Waals surface area contributed by atoms with Crippen LogP contribution in [0, 0.1) is 0 Å². The predicted octanol–water partition coefficient (Wildman–Crippen LogP) is 3.22. The number of amides is 3. The van der Waals surface area contributed by atoms with E-state index in [2.05, 4.69) is 40.0 Å². The normalized spacial score (nSPS) is 13.2. The summed E-state index contributed by atoms with van der Waals surface area (Å²) >= 11 is 0. The highest BCUT2D eigenvalue weighted by Gasteiger charge is 2.23. The van der Waals surface area contributed by atoms with E-state index in [1.54, 1.807) is 24.3 Å². The molecular weight excluding hydrogens is 352 g/mol. The third-order valence-electron chi connectivity index (χ3n) is 4.62. The van der Waals surface area contributed by atoms with E-state index in [9.17, 15) is 9.59 Å². The molecular formula is C22H28N4O2. The van der Waals surface area contributed by atoms with Crippen molar-refractivity contribution in [2.45, 2.75) is 31.8 Å². The van der Waals surface area contributed by atoms with Crippen LogP contribution in [-0.4, -0.2) is 43.0 Å². The summed E-state index contributed by atoms with van der Waals surface area (Å²) in [6.45, 7) is 2.44. The van der Waals surface area contributed by atoms with E-state index in [0.29, 0.717) is 23.8 Å². The summed E-state index contributed by atoms with van der Waals surface area (Å²) in [4.78, 5) is 26.2. The Balaban J connectivity index is 1.34. The van der Waals surface area contributed by atoms with Gasteiger partial charge in [0.2, 0.25) is 0 Å². The fourth-order valence-corrected chi connectivity index (χ4v) is 2.91. The summed E-state index contributed by atoms with van der Waals surface area (Å²) in [6, 6.07) is 17.4. The van der Waals surface area contributed by atoms with Crippen molar-refractivity contribution in [3.63, 3.8) is 0 Å². The van der Waals surface area contributed by atoms with Gasteiger partial charge in [-0.1, -0.05) is 30.3 Å². The molecule has 0 heterocycles. The lowest BCUT2D eigenvalue weighted by molar-refractivity contribution is 0.0952. The van der Waals surface area contributed by atoms with Crippen molar-refractivity contribution in [2.75, 3.05) is 25.5 Å². The number of rotatable bonds is 9. The van der Waals surface area contributed by atoms with Crippen molar-refractivity contribution in [1.82, 2.24) is 15.5 Å². The van der Waals surface area contributed by atoms with Crippen molar-refractivity contribution in [2.24, 2.45) is 0 Å². The third-order valence-corrected chi connectivity index (χ3v) is 4.62. The van der Waals surface area contributed by atoms with E-state index in [1.165, 1.54) is 5.56 Å². The smallest absolute Gasteiger partial charge is 0.319 e. The molecule has 0 saturated heterocycles. The van der Waals surface area contributed by atoms with Gasteiger partial charge in [-0.05, 0) is 62.7 Å². The molecule has 0 atom stereocenters. The first-order chi connectivity index (χ1) is 13.6. The summed E-state index contributed by atoms with van der Waals surface area (Å²) in [5, 5.41) is 8.59. The molecule has 0 radical (unpaired) electrons. The van der Waals surface area contributed by atoms with Gasteiger partial charge in [0.15, 0.2) is 0 Å². The Morgan fingerprint density at radius 3 is 2.43 bits per heavy atom. The minimum atomic E-state index is -0.195. The van der Waals surface area contributed by atoms with Crippen LogP contribution in [0.1, 0.15) is 35.2 Å². The van der Waals surface area contributed by atoms with Crippen LogP contribution >= 0.6 is 0 Å². The molecule has 1 aliphatic rings. The Morgan fingerprint density at radius 1 is 1.04 bits per heavy atom. The number of anilines is 1. The zero-order valence-electron chi connectivity index (χ0n) is 16.3. The van der Waals surface area contributed by atoms with Crippen molar-refractivity contribution >= 4 is 17.6 Å². The molecule has 148 valence electrons. The fraction of sp³-hybridized carbons (Fsp3) is 0.364. The molecule has 6 heteroatoms. The Bertz CT molecular complexity index is 773. The average Bonchev–Trinajstić information content (AvgIpc) is 3.50. The number of carbonyl (C=O) groups is 2. The maximum atomic E-state index is 12.2. The molecule has 0 unspecified atom stereocenters. The minimum Gasteiger partial charge on any atom is -0.352 e. The monoisotopic (exact) mass is 380 g/mol. The highest BCUT2D eigenvalue weighted by Crippen LogP contribution is 2.19. The molecule has 1 saturated carbocycles. The van der Waals surface area contributed by atoms with Gasteiger partial charge in [-0.2, -0.15) is 0 Å². The first kappa shape index (κ1) is 19.9. The van der Waals surface area contributed by atoms with E-state index < -0.39 is 0 Å². The topological polar surface area (TPSA) is 73.5 Å². The zero-order valence-corrected chi connectivity index (χ0v) is 16.3. The van der Waals surface area contributed by atoms with Crippen LogP contribution in [0.2, 0.25) is 0 Å². The van der Waals surface area contributed by atoms with E-state index in [-0.39, 0.29) is 11.9 Å². The van der Waals surface area contributed by atoms with E-state index in [0.717, 1.165) is 32.4 Å². The van der Waals surface area contributed by atoms with Gasteiger partial charge in [0, 0.05) is 30.4 Å². The first-order valence-electron chi connectivity index (χ1n) is 9.78. The van der Waals surface area contributed by atoms with Crippen LogP contribution in [0.4, 0.5) is 10.5 Å². The lowest BCUT2D eigenvalue weighted by Gasteiger charge is -2.16. The molecule has 3 amide bonds. The molecule has 2 aromatic carbocycles. The molecule has 6 nitrogen and oxygen atoms in total. The maximum Gasteiger partial charge on any atom is 0.319 e. The molecule has 0 aliphatic heterocycles. The van der Waals surface area contributed by atoms with Crippen LogP contribution in [0.25, 0.3) is 0 Å². The Kier molecular flexibility index (Phi) is 7.03. The van der Waals surface area contributed by atoms with Crippen molar-refractivity contribution in [1.29, 1.82) is 0 Å². The first-order valence-corrected chi connectivity index (χ1v) is 9.78. The second-order valence-corrected chi connectivity index (χ2v) is 7.28. The second-order valence-electron chi connectivity index (χ2n) is 7.28. The van der Waals surface area contributed by atoms with Crippen LogP contribution in [0.5, 0.6) is 0 Å². The van der Waals surface area contributed by atoms with Gasteiger partial charge in [-0.25, -0.2) is 4.79 Å². The maximum absolute atomic E-state index is 12.2. The van der Waals surface area contributed by atoms with Gasteiger partial charge in [0.25, 0.3) is 5.91 Å². The molecule has 2 aromatic rings. The largest absolute Gasteiger partial charge is 0.352 e. The van der Waals surface area contributed by atoms with Gasteiger partial charge in [0.05, 0.1) is 0 Å². The van der Waals surface area contributed by atoms with Crippen LogP contribution in [0.15, 0.2) is 54.6 Å². The van der Waals surface area contributed by atoms with Crippen molar-refractivity contribution in [3.05, 3.63) is 65.7 Å². The molecule has 1 aliphatic carbocycles. The van der Waals surface area contributed by atoms with Crippen molar-refractivity contribution < 1.29 is 9.59 Å². The molecule has 1 fully saturated rings. The van der Waals surface area contributed by atoms with Gasteiger partial charge < -0.3 is 20.9 Å². The quantitative estimate of drug-likeness (QED) is 0.585. The summed E-state index contributed by atoms with van der Waals surface area (Å²) in [5.74, 6) is -0.0975. The van der Waals surface area contributed by atoms with Gasteiger partial charge >= 0.3 is 6.03 Å². The Labute approximate surface area is 166 Å². The van der Waals surface area contributed by atoms with Gasteiger partial charge in [-0.3, -0.25) is 4.79 Å². The van der Waals surface area contributed by atoms with Gasteiger partial charge in [0.1, 0.15) is 0 Å². The molecule has 0 spiro atoms. The second kappa shape index (κ2) is 9.90. The highest BCUT2D eigenvalue weighted by molar-refractivity contribution is 5.95. The fourth-order valence-electron chi connectivity index (χ4n) is 2.91. The average molecular weight is 380 g/mol. The lowest BCUT2D eigenvalue weighted by Crippen LogP contribution is -2.30. The zero-order chi connectivity index (χ0) is 19.8. The molecule has 3 N–H and O–H groups in total. The highest BCUT2D eigenvalue weighted by atomic mass is 16.2. The van der Waals surface area contributed by atoms with E-state index in [4.69, 9.17) is 0 Å². The van der Waals surface area contributed by atoms with Crippen LogP contribution in [-0.2, 0) is 6.54 Å². The number of nitrogens with one attached hydrogen (secondary N) is 3. The molecule has 28 heavy (non-hydrogen) atoms. The van der Waals surface area contributed by atoms with E-state index in [1.807, 2.05) is 18.2 Å². The number of hydrogen-bond acceptors (Lipinski definition) is 3. The third kappa shape index (κ3) is 6.70. The number of benzene rings is 2. The number of hydrogen-bond donors (Lipinski definition) is 3. The van der Waals surface area contributed by atoms with Gasteiger partial charge in [-0.15, -0.1) is 0 Å². The SMILES string of the molecule is CN(CCCNC(=O)c1ccc(NC(=O)NC2CC2)cc1)Cc1ccccc1. The molecule has 3 rings (SSSR count). The van der Waals surface area contributed by atoms with Crippen LogP contribution in [0.3, 0.4) is 0 Å². The number of urea groups is 1. The Hall–Kier alpha value is -2.86. The number of carbonyl (C=O) groups excluding carboxylic acids is 2. The summed E-state index contributed by atoms with van der Waals surface area (Å²) in [5.41, 5.74) is 2.55. The molecule has 0 bridgehead atoms. The summed E-state index contributed by atoms with van der Waals surface area (Å²) in [6.07, 6.45) is 2.99. The summed E-state index contributed by atoms with van der Waals surface area (Å²) < 4.78 is 0. The van der Waals surface area contributed by atoms with Crippen molar-refractivity contribution in [3.8, 4) is 0 Å². The standard InChI is InChI=1S/C22H28N4O2/c1-26(16-17-6-3-2-4-7-17)15-5-14-23-21(27)18-8-10-19(11-9-18)24-22(28)25-20-12-13-20/h2-4,6-11,20H,5,12-16H2,1H3,(H,23,27)(H2,24,25,28). The molecule has 0 aromatic heterocycles. The van der Waals surface area contributed by atoms with E-state index >= 15 is 0 Å².